The zero-order valence-electron chi connectivity index (χ0n) is 22.6. The van der Waals surface area contributed by atoms with Crippen LogP contribution >= 0.6 is 0 Å². The van der Waals surface area contributed by atoms with E-state index in [0.29, 0.717) is 31.1 Å². The molecule has 1 N–H and O–H groups in total. The van der Waals surface area contributed by atoms with Gasteiger partial charge >= 0.3 is 0 Å². The molecule has 0 spiro atoms. The van der Waals surface area contributed by atoms with Crippen LogP contribution in [-0.4, -0.2) is 34.7 Å². The van der Waals surface area contributed by atoms with E-state index in [0.717, 1.165) is 28.8 Å². The smallest absolute Gasteiger partial charge is 0.256 e. The molecule has 1 aliphatic heterocycles. The summed E-state index contributed by atoms with van der Waals surface area (Å²) in [4.78, 5) is 30.6. The highest BCUT2D eigenvalue weighted by molar-refractivity contribution is 5.99. The third kappa shape index (κ3) is 6.20. The van der Waals surface area contributed by atoms with Crippen LogP contribution in [0.1, 0.15) is 57.4 Å². The number of carbonyl (C=O) groups excluding carboxylic acids is 2. The van der Waals surface area contributed by atoms with Crippen molar-refractivity contribution in [1.29, 1.82) is 0 Å². The molecule has 1 atom stereocenters. The second kappa shape index (κ2) is 12.0. The number of amides is 2. The third-order valence-corrected chi connectivity index (χ3v) is 7.07. The lowest BCUT2D eigenvalue weighted by atomic mass is 10.1. The Hall–Kier alpha value is -4.38. The lowest BCUT2D eigenvalue weighted by Gasteiger charge is -2.28. The van der Waals surface area contributed by atoms with Crippen molar-refractivity contribution in [1.82, 2.24) is 9.80 Å². The molecule has 198 valence electrons. The van der Waals surface area contributed by atoms with E-state index in [2.05, 4.69) is 43.4 Å². The molecule has 0 aliphatic carbocycles. The van der Waals surface area contributed by atoms with Crippen molar-refractivity contribution in [2.75, 3.05) is 18.4 Å². The van der Waals surface area contributed by atoms with Crippen molar-refractivity contribution in [2.24, 2.45) is 5.92 Å². The lowest BCUT2D eigenvalue weighted by Crippen LogP contribution is -2.35. The molecule has 1 aliphatic rings. The Morgan fingerprint density at radius 2 is 1.44 bits per heavy atom. The van der Waals surface area contributed by atoms with E-state index in [1.165, 1.54) is 5.56 Å². The molecule has 5 nitrogen and oxygen atoms in total. The van der Waals surface area contributed by atoms with Crippen LogP contribution in [0.4, 0.5) is 5.69 Å². The summed E-state index contributed by atoms with van der Waals surface area (Å²) < 4.78 is 0. The first kappa shape index (κ1) is 26.2. The van der Waals surface area contributed by atoms with Crippen molar-refractivity contribution in [3.63, 3.8) is 0 Å². The van der Waals surface area contributed by atoms with Gasteiger partial charge in [0, 0.05) is 42.0 Å². The van der Waals surface area contributed by atoms with Crippen LogP contribution in [0.2, 0.25) is 0 Å². The van der Waals surface area contributed by atoms with E-state index in [1.807, 2.05) is 94.7 Å². The van der Waals surface area contributed by atoms with Crippen LogP contribution in [0.15, 0.2) is 109 Å². The van der Waals surface area contributed by atoms with E-state index in [4.69, 9.17) is 0 Å². The van der Waals surface area contributed by atoms with Crippen molar-refractivity contribution < 1.29 is 9.59 Å². The van der Waals surface area contributed by atoms with E-state index in [9.17, 15) is 9.59 Å². The fourth-order valence-corrected chi connectivity index (χ4v) is 5.12. The largest absolute Gasteiger partial charge is 0.361 e. The monoisotopic (exact) mass is 517 g/mol. The van der Waals surface area contributed by atoms with Crippen molar-refractivity contribution in [3.8, 4) is 0 Å². The van der Waals surface area contributed by atoms with E-state index >= 15 is 0 Å². The highest BCUT2D eigenvalue weighted by atomic mass is 16.2. The second-order valence-corrected chi connectivity index (χ2v) is 10.5. The van der Waals surface area contributed by atoms with Gasteiger partial charge in [0.05, 0.1) is 0 Å². The molecule has 39 heavy (non-hydrogen) atoms. The summed E-state index contributed by atoms with van der Waals surface area (Å²) in [6.45, 7) is 6.08. The second-order valence-electron chi connectivity index (χ2n) is 10.5. The molecule has 0 aromatic heterocycles. The number of rotatable bonds is 10. The Kier molecular flexibility index (Phi) is 8.07. The first-order valence-electron chi connectivity index (χ1n) is 13.6. The molecular formula is C34H35N3O2. The van der Waals surface area contributed by atoms with Gasteiger partial charge in [-0.2, -0.15) is 0 Å². The fraction of sp³-hybridized carbons (Fsp3) is 0.235. The summed E-state index contributed by atoms with van der Waals surface area (Å²) in [7, 11) is 0. The molecule has 0 saturated heterocycles. The predicted molar refractivity (Wildman–Crippen MR) is 156 cm³/mol. The zero-order chi connectivity index (χ0) is 27.2. The summed E-state index contributed by atoms with van der Waals surface area (Å²) in [6.07, 6.45) is 0.554. The molecule has 0 fully saturated rings. The van der Waals surface area contributed by atoms with Gasteiger partial charge in [-0.05, 0) is 53.8 Å². The van der Waals surface area contributed by atoms with Gasteiger partial charge in [0.1, 0.15) is 6.17 Å². The van der Waals surface area contributed by atoms with Gasteiger partial charge in [-0.1, -0.05) is 92.7 Å². The number of anilines is 1. The third-order valence-electron chi connectivity index (χ3n) is 7.07. The van der Waals surface area contributed by atoms with E-state index in [1.54, 1.807) is 0 Å². The number of benzene rings is 4. The maximum atomic E-state index is 13.7. The Morgan fingerprint density at radius 3 is 2.10 bits per heavy atom. The summed E-state index contributed by atoms with van der Waals surface area (Å²) in [6, 6.07) is 35.8. The van der Waals surface area contributed by atoms with Crippen molar-refractivity contribution in [3.05, 3.63) is 137 Å². The Labute approximate surface area is 231 Å². The lowest BCUT2D eigenvalue weighted by molar-refractivity contribution is 0.0719. The van der Waals surface area contributed by atoms with Gasteiger partial charge in [-0.3, -0.25) is 9.59 Å². The molecule has 2 amide bonds. The molecule has 1 unspecified atom stereocenters. The molecular weight excluding hydrogens is 482 g/mol. The first-order chi connectivity index (χ1) is 19.0. The summed E-state index contributed by atoms with van der Waals surface area (Å²) in [5, 5.41) is 3.54. The van der Waals surface area contributed by atoms with E-state index < -0.39 is 0 Å². The van der Waals surface area contributed by atoms with Crippen LogP contribution in [0.3, 0.4) is 0 Å². The Balaban J connectivity index is 1.33. The van der Waals surface area contributed by atoms with Gasteiger partial charge in [-0.25, -0.2) is 0 Å². The SMILES string of the molecule is CC(C)CN1C(=O)c2ccccc2C1Nc1ccc(C(=O)N(CCc2ccccc2)Cc2ccccc2)cc1. The van der Waals surface area contributed by atoms with Gasteiger partial charge in [0.25, 0.3) is 11.8 Å². The summed E-state index contributed by atoms with van der Waals surface area (Å²) >= 11 is 0. The molecule has 4 aromatic carbocycles. The number of nitrogens with zero attached hydrogens (tertiary/aromatic N) is 2. The predicted octanol–water partition coefficient (Wildman–Crippen LogP) is 6.79. The zero-order valence-corrected chi connectivity index (χ0v) is 22.6. The normalized spacial score (nSPS) is 14.4. The molecule has 4 aromatic rings. The number of carbonyl (C=O) groups is 2. The minimum Gasteiger partial charge on any atom is -0.361 e. The number of hydrogen-bond acceptors (Lipinski definition) is 3. The van der Waals surface area contributed by atoms with Crippen LogP contribution in [0, 0.1) is 5.92 Å². The molecule has 0 saturated carbocycles. The maximum absolute atomic E-state index is 13.7. The fourth-order valence-electron chi connectivity index (χ4n) is 5.12. The van der Waals surface area contributed by atoms with Crippen LogP contribution in [-0.2, 0) is 13.0 Å². The van der Waals surface area contributed by atoms with Crippen LogP contribution in [0.25, 0.3) is 0 Å². The van der Waals surface area contributed by atoms with Crippen LogP contribution in [0.5, 0.6) is 0 Å². The standard InChI is InChI=1S/C34H35N3O2/c1-25(2)23-37-32(30-15-9-10-16-31(30)34(37)39)35-29-19-17-28(18-20-29)33(38)36(24-27-13-7-4-8-14-27)22-21-26-11-5-3-6-12-26/h3-20,25,32,35H,21-24H2,1-2H3. The molecule has 0 radical (unpaired) electrons. The molecule has 5 rings (SSSR count). The highest BCUT2D eigenvalue weighted by Crippen LogP contribution is 2.35. The maximum Gasteiger partial charge on any atom is 0.256 e. The van der Waals surface area contributed by atoms with Crippen molar-refractivity contribution in [2.45, 2.75) is 33.0 Å². The minimum absolute atomic E-state index is 0.00385. The Morgan fingerprint density at radius 1 is 0.821 bits per heavy atom. The van der Waals surface area contributed by atoms with Crippen molar-refractivity contribution >= 4 is 17.5 Å². The van der Waals surface area contributed by atoms with Gasteiger partial charge in [0.2, 0.25) is 0 Å². The average molecular weight is 518 g/mol. The molecule has 0 bridgehead atoms. The Bertz CT molecular complexity index is 1400. The number of fused-ring (bicyclic) bond motifs is 1. The van der Waals surface area contributed by atoms with E-state index in [-0.39, 0.29) is 18.0 Å². The first-order valence-corrected chi connectivity index (χ1v) is 13.6. The van der Waals surface area contributed by atoms with Gasteiger partial charge in [-0.15, -0.1) is 0 Å². The van der Waals surface area contributed by atoms with Gasteiger partial charge in [0.15, 0.2) is 0 Å². The topological polar surface area (TPSA) is 52.7 Å². The number of hydrogen-bond donors (Lipinski definition) is 1. The van der Waals surface area contributed by atoms with Gasteiger partial charge < -0.3 is 15.1 Å². The summed E-state index contributed by atoms with van der Waals surface area (Å²) in [5.41, 5.74) is 5.56. The van der Waals surface area contributed by atoms with Crippen LogP contribution < -0.4 is 5.32 Å². The molecule has 5 heteroatoms. The molecule has 1 heterocycles. The number of nitrogens with one attached hydrogen (secondary N) is 1. The quantitative estimate of drug-likeness (QED) is 0.252. The minimum atomic E-state index is -0.238. The highest BCUT2D eigenvalue weighted by Gasteiger charge is 2.36. The summed E-state index contributed by atoms with van der Waals surface area (Å²) in [5.74, 6) is 0.404. The average Bonchev–Trinajstić information content (AvgIpc) is 3.22.